The van der Waals surface area contributed by atoms with E-state index in [0.29, 0.717) is 0 Å². The first-order chi connectivity index (χ1) is 9.22. The van der Waals surface area contributed by atoms with Crippen LogP contribution in [-0.4, -0.2) is 10.8 Å². The summed E-state index contributed by atoms with van der Waals surface area (Å²) in [5.74, 6) is 0.115. The quantitative estimate of drug-likeness (QED) is 0.651. The molecule has 0 saturated heterocycles. The van der Waals surface area contributed by atoms with E-state index in [1.165, 1.54) is 16.0 Å². The fourth-order valence-corrected chi connectivity index (χ4v) is 3.42. The van der Waals surface area contributed by atoms with Crippen molar-refractivity contribution in [1.82, 2.24) is 4.98 Å². The second kappa shape index (κ2) is 5.07. The highest BCUT2D eigenvalue weighted by atomic mass is 32.1. The molecule has 3 rings (SSSR count). The van der Waals surface area contributed by atoms with Crippen LogP contribution in [0.25, 0.3) is 22.4 Å². The van der Waals surface area contributed by atoms with Crippen molar-refractivity contribution >= 4 is 50.8 Å². The Bertz CT molecular complexity index is 734. The number of para-hydroxylation sites is 1. The molecule has 4 heteroatoms. The average molecular weight is 285 g/mol. The number of aromatic nitrogens is 1. The summed E-state index contributed by atoms with van der Waals surface area (Å²) in [6, 6.07) is 11.9. The lowest BCUT2D eigenvalue weighted by atomic mass is 10.3. The maximum absolute atomic E-state index is 11.2. The summed E-state index contributed by atoms with van der Waals surface area (Å²) in [4.78, 5) is 17.6. The van der Waals surface area contributed by atoms with Gasteiger partial charge in [-0.2, -0.15) is 0 Å². The lowest BCUT2D eigenvalue weighted by molar-refractivity contribution is 0.102. The smallest absolute Gasteiger partial charge is 0.169 e. The zero-order valence-corrected chi connectivity index (χ0v) is 11.9. The van der Waals surface area contributed by atoms with Gasteiger partial charge < -0.3 is 0 Å². The molecule has 0 atom stereocenters. The number of Topliss-reactive ketones (excluding diaryl/α,β-unsaturated/α-hetero) is 1. The van der Waals surface area contributed by atoms with Crippen molar-refractivity contribution in [2.24, 2.45) is 0 Å². The number of benzene rings is 1. The Hall–Kier alpha value is -1.78. The van der Waals surface area contributed by atoms with Crippen molar-refractivity contribution in [2.45, 2.75) is 6.92 Å². The Morgan fingerprint density at radius 1 is 1.11 bits per heavy atom. The van der Waals surface area contributed by atoms with Gasteiger partial charge in [-0.25, -0.2) is 4.98 Å². The van der Waals surface area contributed by atoms with Gasteiger partial charge in [0.15, 0.2) is 5.78 Å². The normalized spacial score (nSPS) is 11.4. The van der Waals surface area contributed by atoms with E-state index in [4.69, 9.17) is 0 Å². The first-order valence-electron chi connectivity index (χ1n) is 5.87. The number of carbonyl (C=O) groups excluding carboxylic acids is 1. The lowest BCUT2D eigenvalue weighted by Gasteiger charge is -1.84. The number of nitrogens with zero attached hydrogens (tertiary/aromatic N) is 1. The highest BCUT2D eigenvalue weighted by Gasteiger charge is 2.03. The van der Waals surface area contributed by atoms with Gasteiger partial charge in [-0.3, -0.25) is 4.79 Å². The molecule has 0 fully saturated rings. The molecule has 0 amide bonds. The van der Waals surface area contributed by atoms with Crippen molar-refractivity contribution in [3.8, 4) is 0 Å². The number of fused-ring (bicyclic) bond motifs is 1. The summed E-state index contributed by atoms with van der Waals surface area (Å²) in [6.07, 6.45) is 4.01. The van der Waals surface area contributed by atoms with Gasteiger partial charge >= 0.3 is 0 Å². The van der Waals surface area contributed by atoms with E-state index in [-0.39, 0.29) is 5.78 Å². The van der Waals surface area contributed by atoms with Crippen molar-refractivity contribution in [1.29, 1.82) is 0 Å². The molecule has 2 aromatic heterocycles. The van der Waals surface area contributed by atoms with Crippen molar-refractivity contribution in [3.63, 3.8) is 0 Å². The number of ketones is 1. The predicted octanol–water partition coefficient (Wildman–Crippen LogP) is 4.73. The summed E-state index contributed by atoms with van der Waals surface area (Å²) in [5, 5.41) is 0.985. The van der Waals surface area contributed by atoms with E-state index < -0.39 is 0 Å². The molecule has 0 unspecified atom stereocenters. The Balaban J connectivity index is 1.86. The summed E-state index contributed by atoms with van der Waals surface area (Å²) < 4.78 is 1.19. The third-order valence-corrected chi connectivity index (χ3v) is 4.83. The van der Waals surface area contributed by atoms with Gasteiger partial charge in [0.1, 0.15) is 5.01 Å². The summed E-state index contributed by atoms with van der Waals surface area (Å²) >= 11 is 3.18. The van der Waals surface area contributed by atoms with Crippen LogP contribution in [-0.2, 0) is 0 Å². The fraction of sp³-hybridized carbons (Fsp3) is 0.0667. The molecule has 3 aromatic rings. The van der Waals surface area contributed by atoms with E-state index in [1.807, 2.05) is 42.5 Å². The second-order valence-corrected chi connectivity index (χ2v) is 6.29. The van der Waals surface area contributed by atoms with Crippen LogP contribution in [0, 0.1) is 0 Å². The molecule has 2 heterocycles. The van der Waals surface area contributed by atoms with Crippen molar-refractivity contribution in [2.75, 3.05) is 0 Å². The van der Waals surface area contributed by atoms with Crippen LogP contribution in [0.5, 0.6) is 0 Å². The van der Waals surface area contributed by atoms with E-state index in [0.717, 1.165) is 20.3 Å². The molecule has 0 aliphatic heterocycles. The number of thiophene rings is 1. The Morgan fingerprint density at radius 3 is 2.68 bits per heavy atom. The van der Waals surface area contributed by atoms with Gasteiger partial charge in [-0.1, -0.05) is 12.1 Å². The molecule has 0 radical (unpaired) electrons. The Morgan fingerprint density at radius 2 is 1.95 bits per heavy atom. The number of hydrogen-bond acceptors (Lipinski definition) is 4. The summed E-state index contributed by atoms with van der Waals surface area (Å²) in [6.45, 7) is 1.59. The van der Waals surface area contributed by atoms with E-state index in [9.17, 15) is 4.79 Å². The minimum absolute atomic E-state index is 0.115. The number of rotatable bonds is 3. The maximum atomic E-state index is 11.2. The molecule has 0 bridgehead atoms. The zero-order valence-electron chi connectivity index (χ0n) is 10.3. The van der Waals surface area contributed by atoms with Crippen LogP contribution >= 0.6 is 22.7 Å². The van der Waals surface area contributed by atoms with Gasteiger partial charge in [-0.05, 0) is 43.3 Å². The molecule has 0 aliphatic carbocycles. The molecular formula is C15H11NOS2. The Kier molecular flexibility index (Phi) is 3.27. The van der Waals surface area contributed by atoms with Crippen molar-refractivity contribution in [3.05, 3.63) is 51.2 Å². The monoisotopic (exact) mass is 285 g/mol. The standard InChI is InChI=1S/C15H11NOS2/c1-10(17)13-8-6-11(18-13)7-9-15-16-12-4-2-3-5-14(12)19-15/h2-9H,1H3. The number of hydrogen-bond donors (Lipinski definition) is 0. The molecule has 2 nitrogen and oxygen atoms in total. The minimum atomic E-state index is 0.115. The van der Waals surface area contributed by atoms with Gasteiger partial charge in [0.25, 0.3) is 0 Å². The molecule has 0 aliphatic rings. The molecule has 0 spiro atoms. The SMILES string of the molecule is CC(=O)c1ccc(C=Cc2nc3ccccc3s2)s1. The van der Waals surface area contributed by atoms with E-state index in [2.05, 4.69) is 11.1 Å². The van der Waals surface area contributed by atoms with Crippen LogP contribution in [0.4, 0.5) is 0 Å². The largest absolute Gasteiger partial charge is 0.294 e. The van der Waals surface area contributed by atoms with Gasteiger partial charge in [0.05, 0.1) is 15.1 Å². The fourth-order valence-electron chi connectivity index (χ4n) is 1.75. The molecule has 1 aromatic carbocycles. The van der Waals surface area contributed by atoms with Crippen LogP contribution in [0.2, 0.25) is 0 Å². The van der Waals surface area contributed by atoms with Crippen LogP contribution in [0.3, 0.4) is 0 Å². The van der Waals surface area contributed by atoms with Gasteiger partial charge in [0, 0.05) is 4.88 Å². The highest BCUT2D eigenvalue weighted by Crippen LogP contribution is 2.24. The third kappa shape index (κ3) is 2.64. The minimum Gasteiger partial charge on any atom is -0.294 e. The summed E-state index contributed by atoms with van der Waals surface area (Å²) in [5.41, 5.74) is 1.03. The van der Waals surface area contributed by atoms with E-state index >= 15 is 0 Å². The second-order valence-electron chi connectivity index (χ2n) is 4.11. The predicted molar refractivity (Wildman–Crippen MR) is 82.9 cm³/mol. The summed E-state index contributed by atoms with van der Waals surface area (Å²) in [7, 11) is 0. The number of carbonyl (C=O) groups is 1. The first kappa shape index (κ1) is 12.3. The lowest BCUT2D eigenvalue weighted by Crippen LogP contribution is -1.83. The van der Waals surface area contributed by atoms with Gasteiger partial charge in [-0.15, -0.1) is 22.7 Å². The highest BCUT2D eigenvalue weighted by molar-refractivity contribution is 7.19. The molecule has 0 saturated carbocycles. The number of thiazole rings is 1. The molecule has 94 valence electrons. The first-order valence-corrected chi connectivity index (χ1v) is 7.50. The maximum Gasteiger partial charge on any atom is 0.169 e. The average Bonchev–Trinajstić information content (AvgIpc) is 3.02. The molecular weight excluding hydrogens is 274 g/mol. The third-order valence-electron chi connectivity index (χ3n) is 2.67. The topological polar surface area (TPSA) is 30.0 Å². The van der Waals surface area contributed by atoms with Crippen LogP contribution in [0.1, 0.15) is 26.5 Å². The van der Waals surface area contributed by atoms with Crippen molar-refractivity contribution < 1.29 is 4.79 Å². The van der Waals surface area contributed by atoms with Crippen LogP contribution in [0.15, 0.2) is 36.4 Å². The van der Waals surface area contributed by atoms with E-state index in [1.54, 1.807) is 18.3 Å². The zero-order chi connectivity index (χ0) is 13.2. The Labute approximate surface area is 119 Å². The van der Waals surface area contributed by atoms with Crippen LogP contribution < -0.4 is 0 Å². The van der Waals surface area contributed by atoms with Gasteiger partial charge in [0.2, 0.25) is 0 Å². The molecule has 19 heavy (non-hydrogen) atoms. The molecule has 0 N–H and O–H groups in total.